The molecule has 0 unspecified atom stereocenters. The lowest BCUT2D eigenvalue weighted by Crippen LogP contribution is -2.32. The zero-order valence-electron chi connectivity index (χ0n) is 15.9. The topological polar surface area (TPSA) is 95.6 Å². The van der Waals surface area contributed by atoms with Gasteiger partial charge in [-0.15, -0.1) is 0 Å². The highest BCUT2D eigenvalue weighted by Crippen LogP contribution is 2.32. The Kier molecular flexibility index (Phi) is 5.69. The van der Waals surface area contributed by atoms with E-state index in [1.807, 2.05) is 32.0 Å². The van der Waals surface area contributed by atoms with Crippen molar-refractivity contribution in [2.24, 2.45) is 0 Å². The molecule has 1 heterocycles. The molecule has 28 heavy (non-hydrogen) atoms. The van der Waals surface area contributed by atoms with Gasteiger partial charge < -0.3 is 10.6 Å². The first-order chi connectivity index (χ1) is 13.4. The van der Waals surface area contributed by atoms with Gasteiger partial charge in [0.05, 0.1) is 22.0 Å². The number of carbonyl (C=O) groups excluding carboxylic acids is 2. The van der Waals surface area contributed by atoms with Gasteiger partial charge >= 0.3 is 0 Å². The molecule has 0 saturated heterocycles. The summed E-state index contributed by atoms with van der Waals surface area (Å²) in [4.78, 5) is 23.6. The number of benzene rings is 2. The lowest BCUT2D eigenvalue weighted by atomic mass is 10.1. The van der Waals surface area contributed by atoms with Crippen molar-refractivity contribution < 1.29 is 18.0 Å². The van der Waals surface area contributed by atoms with E-state index in [0.717, 1.165) is 5.56 Å². The van der Waals surface area contributed by atoms with Gasteiger partial charge in [-0.25, -0.2) is 8.42 Å². The number of fused-ring (bicyclic) bond motifs is 1. The maximum absolute atomic E-state index is 13.4. The van der Waals surface area contributed by atoms with E-state index in [1.54, 1.807) is 6.07 Å². The maximum atomic E-state index is 13.4. The molecule has 2 aromatic rings. The number of carbonyl (C=O) groups is 2. The number of nitrogens with one attached hydrogen (secondary N) is 2. The fourth-order valence-corrected chi connectivity index (χ4v) is 4.81. The largest absolute Gasteiger partial charge is 0.324 e. The number of amides is 2. The smallest absolute Gasteiger partial charge is 0.264 e. The Labute approximate surface area is 164 Å². The molecule has 2 aromatic carbocycles. The highest BCUT2D eigenvalue weighted by molar-refractivity contribution is 7.92. The second kappa shape index (κ2) is 8.02. The van der Waals surface area contributed by atoms with E-state index in [0.29, 0.717) is 30.8 Å². The Balaban J connectivity index is 2.07. The van der Waals surface area contributed by atoms with E-state index in [-0.39, 0.29) is 17.0 Å². The molecule has 0 fully saturated rings. The molecule has 0 spiro atoms. The molecule has 7 nitrogen and oxygen atoms in total. The Morgan fingerprint density at radius 3 is 2.32 bits per heavy atom. The van der Waals surface area contributed by atoms with Crippen LogP contribution in [0.4, 0.5) is 17.1 Å². The minimum Gasteiger partial charge on any atom is -0.324 e. The number of hydrogen-bond donors (Lipinski definition) is 2. The fraction of sp³-hybridized carbons (Fsp3) is 0.300. The van der Waals surface area contributed by atoms with Crippen molar-refractivity contribution in [2.75, 3.05) is 21.5 Å². The maximum Gasteiger partial charge on any atom is 0.264 e. The Morgan fingerprint density at radius 2 is 1.64 bits per heavy atom. The summed E-state index contributed by atoms with van der Waals surface area (Å²) in [5.74, 6) is -0.913. The van der Waals surface area contributed by atoms with E-state index in [1.165, 1.54) is 22.5 Å². The number of rotatable bonds is 6. The van der Waals surface area contributed by atoms with Crippen LogP contribution in [0.25, 0.3) is 0 Å². The van der Waals surface area contributed by atoms with Crippen molar-refractivity contribution in [1.29, 1.82) is 0 Å². The quantitative estimate of drug-likeness (QED) is 0.727. The number of sulfonamides is 1. The van der Waals surface area contributed by atoms with Gasteiger partial charge in [-0.2, -0.15) is 0 Å². The van der Waals surface area contributed by atoms with Crippen LogP contribution in [0.2, 0.25) is 0 Å². The third kappa shape index (κ3) is 3.87. The van der Waals surface area contributed by atoms with Crippen LogP contribution < -0.4 is 14.9 Å². The molecule has 0 radical (unpaired) electrons. The van der Waals surface area contributed by atoms with Crippen LogP contribution in [-0.4, -0.2) is 26.8 Å². The minimum atomic E-state index is -3.86. The van der Waals surface area contributed by atoms with Crippen molar-refractivity contribution in [3.63, 3.8) is 0 Å². The number of nitrogens with zero attached hydrogens (tertiary/aromatic N) is 1. The van der Waals surface area contributed by atoms with E-state index >= 15 is 0 Å². The van der Waals surface area contributed by atoms with Crippen molar-refractivity contribution >= 4 is 38.9 Å². The first kappa shape index (κ1) is 19.9. The summed E-state index contributed by atoms with van der Waals surface area (Å²) in [5, 5.41) is 5.20. The summed E-state index contributed by atoms with van der Waals surface area (Å²) in [6.07, 6.45) is 1.05. The second-order valence-corrected chi connectivity index (χ2v) is 8.40. The summed E-state index contributed by atoms with van der Waals surface area (Å²) in [5.41, 5.74) is 2.25. The van der Waals surface area contributed by atoms with Crippen LogP contribution in [0.3, 0.4) is 0 Å². The standard InChI is InChI=1S/C20H23N3O4S/c1-3-11-23(18-8-6-5-7-14(18)4-2)28(26,27)15-9-10-16-17(12-15)22-20(25)13-19(24)21-16/h5-10,12H,3-4,11,13H2,1-2H3,(H,21,24)(H,22,25). The Bertz CT molecular complexity index is 1020. The average Bonchev–Trinajstić information content (AvgIpc) is 2.81. The molecule has 0 saturated carbocycles. The molecule has 148 valence electrons. The molecule has 3 rings (SSSR count). The van der Waals surface area contributed by atoms with Crippen LogP contribution in [0.1, 0.15) is 32.3 Å². The fourth-order valence-electron chi connectivity index (χ4n) is 3.18. The first-order valence-electron chi connectivity index (χ1n) is 9.21. The summed E-state index contributed by atoms with van der Waals surface area (Å²) in [6.45, 7) is 4.24. The third-order valence-electron chi connectivity index (χ3n) is 4.52. The molecule has 0 aromatic heterocycles. The van der Waals surface area contributed by atoms with E-state index < -0.39 is 21.8 Å². The summed E-state index contributed by atoms with van der Waals surface area (Å²) >= 11 is 0. The predicted molar refractivity (Wildman–Crippen MR) is 109 cm³/mol. The van der Waals surface area contributed by atoms with E-state index in [9.17, 15) is 18.0 Å². The SMILES string of the molecule is CCCN(c1ccccc1CC)S(=O)(=O)c1ccc2c(c1)NC(=O)CC(=O)N2. The molecule has 1 aliphatic rings. The molecule has 1 aliphatic heterocycles. The van der Waals surface area contributed by atoms with Gasteiger partial charge in [0.1, 0.15) is 6.42 Å². The Hall–Kier alpha value is -2.87. The van der Waals surface area contributed by atoms with E-state index in [4.69, 9.17) is 0 Å². The van der Waals surface area contributed by atoms with Gasteiger partial charge in [-0.3, -0.25) is 13.9 Å². The van der Waals surface area contributed by atoms with E-state index in [2.05, 4.69) is 10.6 Å². The molecule has 2 amide bonds. The van der Waals surface area contributed by atoms with Crippen LogP contribution in [-0.2, 0) is 26.0 Å². The first-order valence-corrected chi connectivity index (χ1v) is 10.6. The van der Waals surface area contributed by atoms with Gasteiger partial charge in [0.15, 0.2) is 0 Å². The monoisotopic (exact) mass is 401 g/mol. The van der Waals surface area contributed by atoms with Gasteiger partial charge in [0.25, 0.3) is 10.0 Å². The molecule has 8 heteroatoms. The molecule has 2 N–H and O–H groups in total. The highest BCUT2D eigenvalue weighted by Gasteiger charge is 2.28. The number of hydrogen-bond acceptors (Lipinski definition) is 4. The predicted octanol–water partition coefficient (Wildman–Crippen LogP) is 3.14. The second-order valence-electron chi connectivity index (χ2n) is 6.54. The zero-order chi connectivity index (χ0) is 20.3. The van der Waals surface area contributed by atoms with Crippen LogP contribution >= 0.6 is 0 Å². The van der Waals surface area contributed by atoms with Crippen molar-refractivity contribution in [3.8, 4) is 0 Å². The number of para-hydroxylation sites is 1. The van der Waals surface area contributed by atoms with Crippen LogP contribution in [0.15, 0.2) is 47.4 Å². The lowest BCUT2D eigenvalue weighted by Gasteiger charge is -2.26. The van der Waals surface area contributed by atoms with Crippen LogP contribution in [0.5, 0.6) is 0 Å². The molecule has 0 aliphatic carbocycles. The highest BCUT2D eigenvalue weighted by atomic mass is 32.2. The van der Waals surface area contributed by atoms with Crippen LogP contribution in [0, 0.1) is 0 Å². The van der Waals surface area contributed by atoms with Gasteiger partial charge in [-0.1, -0.05) is 32.0 Å². The van der Waals surface area contributed by atoms with Gasteiger partial charge in [0.2, 0.25) is 11.8 Å². The normalized spacial score (nSPS) is 13.9. The number of aryl methyl sites for hydroxylation is 1. The summed E-state index contributed by atoms with van der Waals surface area (Å²) in [6, 6.07) is 11.8. The molecule has 0 atom stereocenters. The summed E-state index contributed by atoms with van der Waals surface area (Å²) in [7, 11) is -3.86. The lowest BCUT2D eigenvalue weighted by molar-refractivity contribution is -0.123. The van der Waals surface area contributed by atoms with Crippen molar-refractivity contribution in [2.45, 2.75) is 38.0 Å². The average molecular weight is 401 g/mol. The molecular weight excluding hydrogens is 378 g/mol. The van der Waals surface area contributed by atoms with Crippen molar-refractivity contribution in [3.05, 3.63) is 48.0 Å². The zero-order valence-corrected chi connectivity index (χ0v) is 16.7. The van der Waals surface area contributed by atoms with Gasteiger partial charge in [0, 0.05) is 6.54 Å². The molecule has 0 bridgehead atoms. The number of anilines is 3. The molecular formula is C20H23N3O4S. The third-order valence-corrected chi connectivity index (χ3v) is 6.33. The summed E-state index contributed by atoms with van der Waals surface area (Å²) < 4.78 is 28.3. The van der Waals surface area contributed by atoms with Gasteiger partial charge in [-0.05, 0) is 42.7 Å². The van der Waals surface area contributed by atoms with Crippen molar-refractivity contribution in [1.82, 2.24) is 0 Å². The Morgan fingerprint density at radius 1 is 0.964 bits per heavy atom. The minimum absolute atomic E-state index is 0.0575.